The molecule has 3 rings (SSSR count). The Balaban J connectivity index is 2.10. The number of nitrogens with one attached hydrogen (secondary N) is 1. The maximum atomic E-state index is 13.9. The van der Waals surface area contributed by atoms with Crippen LogP contribution in [0, 0.1) is 12.7 Å². The van der Waals surface area contributed by atoms with Crippen molar-refractivity contribution in [1.29, 1.82) is 0 Å². The number of rotatable bonds is 2. The van der Waals surface area contributed by atoms with Gasteiger partial charge in [-0.3, -0.25) is 0 Å². The van der Waals surface area contributed by atoms with Crippen LogP contribution in [-0.2, 0) is 0 Å². The van der Waals surface area contributed by atoms with Gasteiger partial charge >= 0.3 is 0 Å². The summed E-state index contributed by atoms with van der Waals surface area (Å²) in [5.41, 5.74) is 9.28. The van der Waals surface area contributed by atoms with Crippen molar-refractivity contribution in [2.45, 2.75) is 6.92 Å². The topological polar surface area (TPSA) is 54.7 Å². The molecule has 20 heavy (non-hydrogen) atoms. The SMILES string of the molecule is Cc1[nH]c(-c2cccc(N)c2)nc1-c1ccccc1F. The third kappa shape index (κ3) is 2.16. The largest absolute Gasteiger partial charge is 0.399 e. The normalized spacial score (nSPS) is 10.7. The number of aromatic amines is 1. The van der Waals surface area contributed by atoms with Crippen LogP contribution in [-0.4, -0.2) is 9.97 Å². The Bertz CT molecular complexity index is 762. The Morgan fingerprint density at radius 1 is 1.10 bits per heavy atom. The van der Waals surface area contributed by atoms with Crippen LogP contribution in [0.1, 0.15) is 5.69 Å². The van der Waals surface area contributed by atoms with Crippen molar-refractivity contribution in [2.75, 3.05) is 5.73 Å². The van der Waals surface area contributed by atoms with E-state index in [-0.39, 0.29) is 5.82 Å². The third-order valence-electron chi connectivity index (χ3n) is 3.17. The average molecular weight is 267 g/mol. The van der Waals surface area contributed by atoms with E-state index in [1.165, 1.54) is 6.07 Å². The number of anilines is 1. The molecule has 100 valence electrons. The first-order valence-electron chi connectivity index (χ1n) is 6.32. The standard InChI is InChI=1S/C16H14FN3/c1-10-15(13-7-2-3-8-14(13)17)20-16(19-10)11-5-4-6-12(18)9-11/h2-9H,18H2,1H3,(H,19,20). The Morgan fingerprint density at radius 3 is 2.65 bits per heavy atom. The van der Waals surface area contributed by atoms with E-state index < -0.39 is 0 Å². The predicted octanol–water partition coefficient (Wildman–Crippen LogP) is 3.77. The number of aromatic nitrogens is 2. The molecule has 3 nitrogen and oxygen atoms in total. The number of imidazole rings is 1. The highest BCUT2D eigenvalue weighted by Crippen LogP contribution is 2.27. The molecule has 0 spiro atoms. The smallest absolute Gasteiger partial charge is 0.138 e. The molecule has 0 fully saturated rings. The zero-order valence-corrected chi connectivity index (χ0v) is 11.0. The minimum atomic E-state index is -0.277. The number of H-pyrrole nitrogens is 1. The van der Waals surface area contributed by atoms with E-state index in [0.717, 1.165) is 11.3 Å². The summed E-state index contributed by atoms with van der Waals surface area (Å²) in [6, 6.07) is 14.1. The molecule has 2 aromatic carbocycles. The molecule has 0 unspecified atom stereocenters. The first kappa shape index (κ1) is 12.4. The van der Waals surface area contributed by atoms with Gasteiger partial charge in [-0.25, -0.2) is 9.37 Å². The number of nitrogens with two attached hydrogens (primary N) is 1. The summed E-state index contributed by atoms with van der Waals surface area (Å²) in [6.45, 7) is 1.88. The van der Waals surface area contributed by atoms with Crippen LogP contribution in [0.2, 0.25) is 0 Å². The van der Waals surface area contributed by atoms with Crippen LogP contribution >= 0.6 is 0 Å². The van der Waals surface area contributed by atoms with Gasteiger partial charge in [0, 0.05) is 22.5 Å². The lowest BCUT2D eigenvalue weighted by molar-refractivity contribution is 0.630. The van der Waals surface area contributed by atoms with E-state index in [1.54, 1.807) is 18.2 Å². The highest BCUT2D eigenvalue weighted by molar-refractivity contribution is 5.69. The third-order valence-corrected chi connectivity index (χ3v) is 3.17. The van der Waals surface area contributed by atoms with E-state index in [9.17, 15) is 4.39 Å². The minimum absolute atomic E-state index is 0.277. The molecule has 0 radical (unpaired) electrons. The van der Waals surface area contributed by atoms with Crippen LogP contribution in [0.25, 0.3) is 22.6 Å². The number of halogens is 1. The predicted molar refractivity (Wildman–Crippen MR) is 78.6 cm³/mol. The van der Waals surface area contributed by atoms with Crippen molar-refractivity contribution >= 4 is 5.69 Å². The molecule has 0 bridgehead atoms. The van der Waals surface area contributed by atoms with E-state index in [0.29, 0.717) is 22.8 Å². The van der Waals surface area contributed by atoms with E-state index in [4.69, 9.17) is 5.73 Å². The van der Waals surface area contributed by atoms with Gasteiger partial charge in [0.25, 0.3) is 0 Å². The van der Waals surface area contributed by atoms with Crippen LogP contribution in [0.5, 0.6) is 0 Å². The zero-order valence-electron chi connectivity index (χ0n) is 11.0. The molecule has 1 aromatic heterocycles. The number of aryl methyl sites for hydroxylation is 1. The quantitative estimate of drug-likeness (QED) is 0.694. The summed E-state index contributed by atoms with van der Waals surface area (Å²) in [5, 5.41) is 0. The van der Waals surface area contributed by atoms with Crippen molar-refractivity contribution in [3.05, 3.63) is 60.0 Å². The van der Waals surface area contributed by atoms with Crippen molar-refractivity contribution < 1.29 is 4.39 Å². The number of hydrogen-bond donors (Lipinski definition) is 2. The van der Waals surface area contributed by atoms with Gasteiger partial charge in [0.15, 0.2) is 0 Å². The average Bonchev–Trinajstić information content (AvgIpc) is 2.81. The van der Waals surface area contributed by atoms with Crippen LogP contribution < -0.4 is 5.73 Å². The van der Waals surface area contributed by atoms with Crippen molar-refractivity contribution in [1.82, 2.24) is 9.97 Å². The summed E-state index contributed by atoms with van der Waals surface area (Å²) in [5.74, 6) is 0.411. The summed E-state index contributed by atoms with van der Waals surface area (Å²) < 4.78 is 13.9. The summed E-state index contributed by atoms with van der Waals surface area (Å²) >= 11 is 0. The molecule has 3 aromatic rings. The van der Waals surface area contributed by atoms with Crippen LogP contribution in [0.15, 0.2) is 48.5 Å². The summed E-state index contributed by atoms with van der Waals surface area (Å²) in [7, 11) is 0. The zero-order chi connectivity index (χ0) is 14.1. The Hall–Kier alpha value is -2.62. The van der Waals surface area contributed by atoms with Crippen molar-refractivity contribution in [3.63, 3.8) is 0 Å². The molecule has 0 aliphatic rings. The van der Waals surface area contributed by atoms with Crippen molar-refractivity contribution in [2.24, 2.45) is 0 Å². The van der Waals surface area contributed by atoms with E-state index in [2.05, 4.69) is 9.97 Å². The van der Waals surface area contributed by atoms with Gasteiger partial charge in [0.2, 0.25) is 0 Å². The Kier molecular flexibility index (Phi) is 2.99. The fourth-order valence-corrected chi connectivity index (χ4v) is 2.20. The first-order valence-corrected chi connectivity index (χ1v) is 6.32. The molecular formula is C16H14FN3. The second-order valence-corrected chi connectivity index (χ2v) is 4.66. The van der Waals surface area contributed by atoms with Gasteiger partial charge < -0.3 is 10.7 Å². The highest BCUT2D eigenvalue weighted by atomic mass is 19.1. The number of hydrogen-bond acceptors (Lipinski definition) is 2. The summed E-state index contributed by atoms with van der Waals surface area (Å²) in [4.78, 5) is 7.68. The van der Waals surface area contributed by atoms with E-state index >= 15 is 0 Å². The van der Waals surface area contributed by atoms with E-state index in [1.807, 2.05) is 31.2 Å². The Labute approximate surface area is 116 Å². The molecule has 0 aliphatic carbocycles. The lowest BCUT2D eigenvalue weighted by Gasteiger charge is -2.00. The second-order valence-electron chi connectivity index (χ2n) is 4.66. The molecule has 0 saturated carbocycles. The maximum absolute atomic E-state index is 13.9. The molecule has 0 saturated heterocycles. The van der Waals surface area contributed by atoms with Crippen LogP contribution in [0.3, 0.4) is 0 Å². The molecule has 0 amide bonds. The number of nitrogen functional groups attached to an aromatic ring is 1. The molecule has 1 heterocycles. The fraction of sp³-hybridized carbons (Fsp3) is 0.0625. The number of nitrogens with zero attached hydrogens (tertiary/aromatic N) is 1. The lowest BCUT2D eigenvalue weighted by atomic mass is 10.1. The molecular weight excluding hydrogens is 253 g/mol. The van der Waals surface area contributed by atoms with Gasteiger partial charge in [-0.15, -0.1) is 0 Å². The monoisotopic (exact) mass is 267 g/mol. The molecule has 0 aliphatic heterocycles. The fourth-order valence-electron chi connectivity index (χ4n) is 2.20. The van der Waals surface area contributed by atoms with Gasteiger partial charge in [-0.05, 0) is 31.2 Å². The highest BCUT2D eigenvalue weighted by Gasteiger charge is 2.13. The van der Waals surface area contributed by atoms with Gasteiger partial charge in [0.1, 0.15) is 11.6 Å². The molecule has 3 N–H and O–H groups in total. The first-order chi connectivity index (χ1) is 9.65. The van der Waals surface area contributed by atoms with Gasteiger partial charge in [-0.1, -0.05) is 24.3 Å². The summed E-state index contributed by atoms with van der Waals surface area (Å²) in [6.07, 6.45) is 0. The molecule has 0 atom stereocenters. The van der Waals surface area contributed by atoms with Crippen LogP contribution in [0.4, 0.5) is 10.1 Å². The van der Waals surface area contributed by atoms with Crippen molar-refractivity contribution in [3.8, 4) is 22.6 Å². The minimum Gasteiger partial charge on any atom is -0.399 e. The number of benzene rings is 2. The van der Waals surface area contributed by atoms with Gasteiger partial charge in [0.05, 0.1) is 5.69 Å². The maximum Gasteiger partial charge on any atom is 0.138 e. The second kappa shape index (κ2) is 4.81. The Morgan fingerprint density at radius 2 is 1.90 bits per heavy atom. The lowest BCUT2D eigenvalue weighted by Crippen LogP contribution is -1.87. The molecule has 4 heteroatoms. The van der Waals surface area contributed by atoms with Gasteiger partial charge in [-0.2, -0.15) is 0 Å².